The molecule has 0 radical (unpaired) electrons. The third kappa shape index (κ3) is 2.95. The van der Waals surface area contributed by atoms with Crippen molar-refractivity contribution in [2.45, 2.75) is 13.0 Å². The maximum atomic E-state index is 5.30. The second kappa shape index (κ2) is 6.79. The number of hydrogen-bond acceptors (Lipinski definition) is 6. The SMILES string of the molecule is COc1cccc([C@H](C)Nc2ncnc3c2cnn3-c2ccccn2)c1. The van der Waals surface area contributed by atoms with Crippen LogP contribution >= 0.6 is 0 Å². The van der Waals surface area contributed by atoms with Crippen molar-refractivity contribution < 1.29 is 4.74 Å². The summed E-state index contributed by atoms with van der Waals surface area (Å²) in [6, 6.07) is 13.7. The van der Waals surface area contributed by atoms with Gasteiger partial charge in [-0.05, 0) is 36.8 Å². The molecule has 7 nitrogen and oxygen atoms in total. The number of ether oxygens (including phenoxy) is 1. The third-order valence-electron chi connectivity index (χ3n) is 4.18. The lowest BCUT2D eigenvalue weighted by molar-refractivity contribution is 0.414. The Balaban J connectivity index is 1.68. The minimum Gasteiger partial charge on any atom is -0.497 e. The smallest absolute Gasteiger partial charge is 0.170 e. The minimum absolute atomic E-state index is 0.0430. The summed E-state index contributed by atoms with van der Waals surface area (Å²) in [5.41, 5.74) is 1.81. The average Bonchev–Trinajstić information content (AvgIpc) is 3.14. The van der Waals surface area contributed by atoms with E-state index >= 15 is 0 Å². The van der Waals surface area contributed by atoms with Gasteiger partial charge in [0.2, 0.25) is 0 Å². The lowest BCUT2D eigenvalue weighted by Gasteiger charge is -2.16. The molecule has 4 rings (SSSR count). The molecule has 7 heteroatoms. The van der Waals surface area contributed by atoms with Crippen molar-refractivity contribution in [3.05, 3.63) is 66.7 Å². The highest BCUT2D eigenvalue weighted by Crippen LogP contribution is 2.26. The molecule has 0 bridgehead atoms. The van der Waals surface area contributed by atoms with E-state index in [1.165, 1.54) is 6.33 Å². The fourth-order valence-electron chi connectivity index (χ4n) is 2.81. The molecule has 1 N–H and O–H groups in total. The van der Waals surface area contributed by atoms with Crippen LogP contribution in [0.1, 0.15) is 18.5 Å². The van der Waals surface area contributed by atoms with Gasteiger partial charge >= 0.3 is 0 Å². The van der Waals surface area contributed by atoms with Crippen LogP contribution < -0.4 is 10.1 Å². The quantitative estimate of drug-likeness (QED) is 0.597. The van der Waals surface area contributed by atoms with E-state index in [0.29, 0.717) is 11.5 Å². The number of pyridine rings is 1. The second-order valence-corrected chi connectivity index (χ2v) is 5.85. The van der Waals surface area contributed by atoms with Crippen LogP contribution in [0.4, 0.5) is 5.82 Å². The van der Waals surface area contributed by atoms with Crippen LogP contribution in [0.5, 0.6) is 5.75 Å². The number of nitrogens with one attached hydrogen (secondary N) is 1. The third-order valence-corrected chi connectivity index (χ3v) is 4.18. The first-order valence-electron chi connectivity index (χ1n) is 8.27. The van der Waals surface area contributed by atoms with Crippen molar-refractivity contribution in [2.24, 2.45) is 0 Å². The molecule has 0 aliphatic carbocycles. The Morgan fingerprint density at radius 1 is 1.08 bits per heavy atom. The van der Waals surface area contributed by atoms with Gasteiger partial charge in [-0.3, -0.25) is 0 Å². The van der Waals surface area contributed by atoms with Gasteiger partial charge < -0.3 is 10.1 Å². The lowest BCUT2D eigenvalue weighted by atomic mass is 10.1. The molecule has 0 saturated carbocycles. The van der Waals surface area contributed by atoms with Crippen LogP contribution in [0.25, 0.3) is 16.9 Å². The zero-order valence-corrected chi connectivity index (χ0v) is 14.5. The van der Waals surface area contributed by atoms with Crippen LogP contribution in [-0.4, -0.2) is 31.8 Å². The van der Waals surface area contributed by atoms with E-state index in [0.717, 1.165) is 22.5 Å². The largest absolute Gasteiger partial charge is 0.497 e. The number of rotatable bonds is 5. The van der Waals surface area contributed by atoms with Gasteiger partial charge in [0.15, 0.2) is 11.5 Å². The molecular weight excluding hydrogens is 328 g/mol. The fourth-order valence-corrected chi connectivity index (χ4v) is 2.81. The molecule has 130 valence electrons. The van der Waals surface area contributed by atoms with Crippen LogP contribution in [0.2, 0.25) is 0 Å². The molecule has 26 heavy (non-hydrogen) atoms. The van der Waals surface area contributed by atoms with Gasteiger partial charge in [-0.2, -0.15) is 9.78 Å². The maximum absolute atomic E-state index is 5.30. The lowest BCUT2D eigenvalue weighted by Crippen LogP contribution is -2.09. The number of methoxy groups -OCH3 is 1. The Bertz CT molecular complexity index is 1030. The van der Waals surface area contributed by atoms with E-state index in [2.05, 4.69) is 38.4 Å². The molecule has 0 unspecified atom stereocenters. The number of fused-ring (bicyclic) bond motifs is 1. The Morgan fingerprint density at radius 3 is 2.81 bits per heavy atom. The van der Waals surface area contributed by atoms with Gasteiger partial charge in [-0.1, -0.05) is 18.2 Å². The zero-order chi connectivity index (χ0) is 17.9. The molecule has 0 aliphatic rings. The van der Waals surface area contributed by atoms with Gasteiger partial charge in [-0.15, -0.1) is 0 Å². The molecule has 3 aromatic heterocycles. The summed E-state index contributed by atoms with van der Waals surface area (Å²) in [7, 11) is 1.66. The Morgan fingerprint density at radius 2 is 2.00 bits per heavy atom. The van der Waals surface area contributed by atoms with E-state index in [4.69, 9.17) is 4.74 Å². The molecule has 0 saturated heterocycles. The van der Waals surface area contributed by atoms with Gasteiger partial charge in [0.25, 0.3) is 0 Å². The first-order valence-corrected chi connectivity index (χ1v) is 8.27. The van der Waals surface area contributed by atoms with E-state index in [1.807, 2.05) is 36.4 Å². The summed E-state index contributed by atoms with van der Waals surface area (Å²) < 4.78 is 7.01. The van der Waals surface area contributed by atoms with Gasteiger partial charge in [-0.25, -0.2) is 15.0 Å². The predicted molar refractivity (Wildman–Crippen MR) is 99.5 cm³/mol. The van der Waals surface area contributed by atoms with E-state index in [1.54, 1.807) is 24.2 Å². The van der Waals surface area contributed by atoms with Gasteiger partial charge in [0.1, 0.15) is 17.9 Å². The number of anilines is 1. The molecule has 1 atom stereocenters. The number of hydrogen-bond donors (Lipinski definition) is 1. The van der Waals surface area contributed by atoms with Crippen LogP contribution in [-0.2, 0) is 0 Å². The van der Waals surface area contributed by atoms with Crippen molar-refractivity contribution in [1.82, 2.24) is 24.7 Å². The van der Waals surface area contributed by atoms with Gasteiger partial charge in [0.05, 0.1) is 24.7 Å². The van der Waals surface area contributed by atoms with Gasteiger partial charge in [0, 0.05) is 6.20 Å². The average molecular weight is 346 g/mol. The topological polar surface area (TPSA) is 77.8 Å². The summed E-state index contributed by atoms with van der Waals surface area (Å²) in [5, 5.41) is 8.70. The van der Waals surface area contributed by atoms with E-state index in [9.17, 15) is 0 Å². The second-order valence-electron chi connectivity index (χ2n) is 5.85. The van der Waals surface area contributed by atoms with Crippen molar-refractivity contribution >= 4 is 16.9 Å². The molecule has 4 aromatic rings. The van der Waals surface area contributed by atoms with Crippen LogP contribution in [0.3, 0.4) is 0 Å². The first-order chi connectivity index (χ1) is 12.8. The summed E-state index contributed by atoms with van der Waals surface area (Å²) >= 11 is 0. The van der Waals surface area contributed by atoms with Crippen molar-refractivity contribution in [2.75, 3.05) is 12.4 Å². The summed E-state index contributed by atoms with van der Waals surface area (Å²) in [5.74, 6) is 2.27. The summed E-state index contributed by atoms with van der Waals surface area (Å²) in [6.07, 6.45) is 5.02. The highest BCUT2D eigenvalue weighted by atomic mass is 16.5. The molecule has 0 aliphatic heterocycles. The molecule has 0 spiro atoms. The highest BCUT2D eigenvalue weighted by Gasteiger charge is 2.14. The van der Waals surface area contributed by atoms with E-state index in [-0.39, 0.29) is 6.04 Å². The molecule has 1 aromatic carbocycles. The Labute approximate surface area is 150 Å². The number of benzene rings is 1. The Hall–Kier alpha value is -3.48. The fraction of sp³-hybridized carbons (Fsp3) is 0.158. The summed E-state index contributed by atoms with van der Waals surface area (Å²) in [6.45, 7) is 2.08. The molecule has 0 amide bonds. The van der Waals surface area contributed by atoms with Crippen molar-refractivity contribution in [3.8, 4) is 11.6 Å². The van der Waals surface area contributed by atoms with Crippen LogP contribution in [0.15, 0.2) is 61.2 Å². The van der Waals surface area contributed by atoms with E-state index < -0.39 is 0 Å². The summed E-state index contributed by atoms with van der Waals surface area (Å²) in [4.78, 5) is 13.1. The first kappa shape index (κ1) is 16.0. The molecular formula is C19H18N6O. The maximum Gasteiger partial charge on any atom is 0.170 e. The Kier molecular flexibility index (Phi) is 4.18. The molecule has 0 fully saturated rings. The van der Waals surface area contributed by atoms with Crippen molar-refractivity contribution in [1.29, 1.82) is 0 Å². The zero-order valence-electron chi connectivity index (χ0n) is 14.5. The monoisotopic (exact) mass is 346 g/mol. The normalized spacial score (nSPS) is 12.1. The van der Waals surface area contributed by atoms with Crippen LogP contribution in [0, 0.1) is 0 Å². The highest BCUT2D eigenvalue weighted by molar-refractivity contribution is 5.87. The predicted octanol–water partition coefficient (Wildman–Crippen LogP) is 3.39. The number of nitrogens with zero attached hydrogens (tertiary/aromatic N) is 5. The minimum atomic E-state index is 0.0430. The number of aromatic nitrogens is 5. The molecule has 3 heterocycles. The van der Waals surface area contributed by atoms with Crippen molar-refractivity contribution in [3.63, 3.8) is 0 Å². The standard InChI is InChI=1S/C19H18N6O/c1-13(14-6-5-7-15(10-14)26-2)24-18-16-11-23-25(19(16)22-12-21-18)17-8-3-4-9-20-17/h3-13H,1-2H3,(H,21,22,24)/t13-/m0/s1.